The van der Waals surface area contributed by atoms with Gasteiger partial charge in [0.1, 0.15) is 0 Å². The van der Waals surface area contributed by atoms with Gasteiger partial charge in [0.25, 0.3) is 5.24 Å². The first kappa shape index (κ1) is 10.4. The number of fused-ring (bicyclic) bond motifs is 1. The lowest BCUT2D eigenvalue weighted by Gasteiger charge is -2.02. The van der Waals surface area contributed by atoms with Crippen LogP contribution in [0.15, 0.2) is 18.2 Å². The normalized spacial score (nSPS) is 14.1. The maximum atomic E-state index is 10.9. The predicted octanol–water partition coefficient (Wildman–Crippen LogP) is 2.09. The predicted molar refractivity (Wildman–Crippen MR) is 49.8 cm³/mol. The maximum Gasteiger partial charge on any atom is 0.524 e. The Morgan fingerprint density at radius 1 is 1.00 bits per heavy atom. The minimum Gasteiger partial charge on any atom is -0.391 e. The fourth-order valence-electron chi connectivity index (χ4n) is 1.08. The molecule has 1 aromatic carbocycles. The Bertz CT molecular complexity index is 495. The summed E-state index contributed by atoms with van der Waals surface area (Å²) < 4.78 is 13.3. The van der Waals surface area contributed by atoms with Gasteiger partial charge < -0.3 is 14.2 Å². The van der Waals surface area contributed by atoms with Gasteiger partial charge in [-0.15, -0.1) is 0 Å². The molecule has 6 nitrogen and oxygen atoms in total. The highest BCUT2D eigenvalue weighted by Crippen LogP contribution is 2.31. The van der Waals surface area contributed by atoms with Crippen LogP contribution >= 0.6 is 11.6 Å². The summed E-state index contributed by atoms with van der Waals surface area (Å²) in [5.41, 5.74) is 0.103. The van der Waals surface area contributed by atoms with E-state index in [9.17, 15) is 14.4 Å². The Labute approximate surface area is 93.6 Å². The largest absolute Gasteiger partial charge is 0.524 e. The van der Waals surface area contributed by atoms with Gasteiger partial charge in [-0.25, -0.2) is 9.59 Å². The van der Waals surface area contributed by atoms with E-state index < -0.39 is 17.6 Å². The number of halogens is 1. The number of cyclic esters (lactones) is 2. The number of hydrogen-bond acceptors (Lipinski definition) is 6. The third-order valence-corrected chi connectivity index (χ3v) is 1.94. The zero-order valence-corrected chi connectivity index (χ0v) is 8.32. The van der Waals surface area contributed by atoms with E-state index in [-0.39, 0.29) is 17.1 Å². The van der Waals surface area contributed by atoms with Crippen molar-refractivity contribution in [2.45, 2.75) is 0 Å². The van der Waals surface area contributed by atoms with E-state index in [0.717, 1.165) is 0 Å². The Hall–Kier alpha value is -2.08. The molecular weight excluding hydrogens is 240 g/mol. The quantitative estimate of drug-likeness (QED) is 0.325. The van der Waals surface area contributed by atoms with Crippen LogP contribution < -0.4 is 9.47 Å². The van der Waals surface area contributed by atoms with E-state index in [1.165, 1.54) is 18.2 Å². The third-order valence-electron chi connectivity index (χ3n) is 1.72. The molecule has 0 radical (unpaired) electrons. The molecule has 82 valence electrons. The molecule has 0 atom stereocenters. The van der Waals surface area contributed by atoms with E-state index in [4.69, 9.17) is 11.6 Å². The van der Waals surface area contributed by atoms with Crippen molar-refractivity contribution in [3.05, 3.63) is 23.8 Å². The molecule has 0 saturated heterocycles. The van der Waals surface area contributed by atoms with Crippen LogP contribution in [-0.2, 0) is 4.74 Å². The number of carbonyl (C=O) groups excluding carboxylic acids is 3. The Morgan fingerprint density at radius 2 is 1.62 bits per heavy atom. The number of ether oxygens (including phenoxy) is 3. The Kier molecular flexibility index (Phi) is 2.49. The molecule has 1 aliphatic heterocycles. The molecule has 1 aliphatic rings. The number of carbonyl (C=O) groups is 3. The molecule has 0 fully saturated rings. The molecule has 0 aromatic heterocycles. The molecule has 0 spiro atoms. The van der Waals surface area contributed by atoms with Crippen molar-refractivity contribution in [3.63, 3.8) is 0 Å². The van der Waals surface area contributed by atoms with Crippen LogP contribution in [-0.4, -0.2) is 17.6 Å². The van der Waals surface area contributed by atoms with Gasteiger partial charge in [0.05, 0.1) is 0 Å². The highest BCUT2D eigenvalue weighted by molar-refractivity contribution is 6.67. The molecule has 0 amide bonds. The molecule has 0 N–H and O–H groups in total. The summed E-state index contributed by atoms with van der Waals surface area (Å²) in [6, 6.07) is 3.76. The second-order valence-electron chi connectivity index (χ2n) is 2.74. The van der Waals surface area contributed by atoms with Crippen molar-refractivity contribution in [2.24, 2.45) is 0 Å². The van der Waals surface area contributed by atoms with Crippen molar-refractivity contribution in [2.75, 3.05) is 0 Å². The first-order valence-corrected chi connectivity index (χ1v) is 4.39. The van der Waals surface area contributed by atoms with E-state index in [2.05, 4.69) is 14.2 Å². The second kappa shape index (κ2) is 3.82. The molecular formula is C9H3ClO6. The van der Waals surface area contributed by atoms with Crippen molar-refractivity contribution >= 4 is 29.2 Å². The van der Waals surface area contributed by atoms with E-state index in [1.54, 1.807) is 0 Å². The van der Waals surface area contributed by atoms with Gasteiger partial charge in [0.15, 0.2) is 11.5 Å². The summed E-state index contributed by atoms with van der Waals surface area (Å²) in [5, 5.41) is -0.727. The number of rotatable bonds is 1. The van der Waals surface area contributed by atoms with Gasteiger partial charge in [-0.05, 0) is 29.8 Å². The SMILES string of the molecule is O=C1OC(=O)Oc2cc(C(=O)Cl)ccc2O1. The summed E-state index contributed by atoms with van der Waals surface area (Å²) in [4.78, 5) is 32.6. The van der Waals surface area contributed by atoms with Crippen molar-refractivity contribution in [1.82, 2.24) is 0 Å². The second-order valence-corrected chi connectivity index (χ2v) is 3.08. The molecule has 7 heteroatoms. The number of benzene rings is 1. The zero-order chi connectivity index (χ0) is 11.7. The minimum absolute atomic E-state index is 0.0301. The Balaban J connectivity index is 2.46. The number of hydrogen-bond donors (Lipinski definition) is 0. The monoisotopic (exact) mass is 242 g/mol. The van der Waals surface area contributed by atoms with Gasteiger partial charge in [-0.3, -0.25) is 4.79 Å². The zero-order valence-electron chi connectivity index (χ0n) is 7.56. The molecule has 0 aliphatic carbocycles. The fourth-order valence-corrected chi connectivity index (χ4v) is 1.20. The molecule has 16 heavy (non-hydrogen) atoms. The van der Waals surface area contributed by atoms with Gasteiger partial charge in [-0.2, -0.15) is 0 Å². The van der Waals surface area contributed by atoms with Crippen LogP contribution in [0.1, 0.15) is 10.4 Å². The van der Waals surface area contributed by atoms with Crippen LogP contribution in [0.3, 0.4) is 0 Å². The van der Waals surface area contributed by atoms with Crippen molar-refractivity contribution in [1.29, 1.82) is 0 Å². The van der Waals surface area contributed by atoms with Crippen LogP contribution in [0, 0.1) is 0 Å². The van der Waals surface area contributed by atoms with Gasteiger partial charge >= 0.3 is 12.3 Å². The molecule has 1 aromatic rings. The summed E-state index contributed by atoms with van der Waals surface area (Å²) >= 11 is 5.23. The highest BCUT2D eigenvalue weighted by atomic mass is 35.5. The van der Waals surface area contributed by atoms with Crippen LogP contribution in [0.2, 0.25) is 0 Å². The molecule has 1 heterocycles. The first-order chi connectivity index (χ1) is 7.56. The minimum atomic E-state index is -1.23. The molecule has 0 saturated carbocycles. The summed E-state index contributed by atoms with van der Waals surface area (Å²) in [5.74, 6) is -0.139. The Morgan fingerprint density at radius 3 is 2.25 bits per heavy atom. The van der Waals surface area contributed by atoms with E-state index in [1.807, 2.05) is 0 Å². The topological polar surface area (TPSA) is 78.9 Å². The van der Waals surface area contributed by atoms with Gasteiger partial charge in [0.2, 0.25) is 0 Å². The van der Waals surface area contributed by atoms with Gasteiger partial charge in [0, 0.05) is 5.56 Å². The average molecular weight is 243 g/mol. The highest BCUT2D eigenvalue weighted by Gasteiger charge is 2.24. The van der Waals surface area contributed by atoms with E-state index in [0.29, 0.717) is 0 Å². The maximum absolute atomic E-state index is 10.9. The smallest absolute Gasteiger partial charge is 0.391 e. The van der Waals surface area contributed by atoms with Crippen molar-refractivity contribution < 1.29 is 28.6 Å². The first-order valence-electron chi connectivity index (χ1n) is 4.01. The summed E-state index contributed by atoms with van der Waals surface area (Å²) in [7, 11) is 0. The van der Waals surface area contributed by atoms with Crippen LogP contribution in [0.5, 0.6) is 11.5 Å². The molecule has 0 bridgehead atoms. The fraction of sp³-hybridized carbons (Fsp3) is 0. The lowest BCUT2D eigenvalue weighted by atomic mass is 10.2. The molecule has 2 rings (SSSR count). The van der Waals surface area contributed by atoms with Gasteiger partial charge in [-0.1, -0.05) is 0 Å². The standard InChI is InChI=1S/C9H3ClO6/c10-7(11)4-1-2-5-6(3-4)15-9(13)16-8(12)14-5/h1-3H. The summed E-state index contributed by atoms with van der Waals surface area (Å²) in [6.07, 6.45) is -2.43. The van der Waals surface area contributed by atoms with Crippen LogP contribution in [0.25, 0.3) is 0 Å². The average Bonchev–Trinajstić information content (AvgIpc) is 2.32. The van der Waals surface area contributed by atoms with E-state index >= 15 is 0 Å². The third kappa shape index (κ3) is 1.96. The lowest BCUT2D eigenvalue weighted by molar-refractivity contribution is 0.0994. The lowest BCUT2D eigenvalue weighted by Crippen LogP contribution is -2.14. The van der Waals surface area contributed by atoms with Crippen LogP contribution in [0.4, 0.5) is 9.59 Å². The molecule has 0 unspecified atom stereocenters. The summed E-state index contributed by atoms with van der Waals surface area (Å²) in [6.45, 7) is 0. The van der Waals surface area contributed by atoms with Crippen molar-refractivity contribution in [3.8, 4) is 11.5 Å².